The number of nitrogens with zero attached hydrogens (tertiary/aromatic N) is 2. The number of ether oxygens (including phenoxy) is 1. The lowest BCUT2D eigenvalue weighted by molar-refractivity contribution is 0.415. The number of hydrogen-bond acceptors (Lipinski definition) is 4. The number of hydrogen-bond donors (Lipinski definition) is 1. The molecule has 118 valence electrons. The standard InChI is InChI=1S/C19H14BrN3O/c1-24-15-7-5-12(6-8-15)16-10-18(23-19(22)17(16)11-21)13-3-2-4-14(20)9-13/h2-10H,1H3,(H2,22,23). The molecule has 0 aliphatic carbocycles. The second-order valence-corrected chi connectivity index (χ2v) is 6.08. The van der Waals surface area contributed by atoms with Gasteiger partial charge in [-0.1, -0.05) is 40.2 Å². The Morgan fingerprint density at radius 1 is 1.08 bits per heavy atom. The number of halogens is 1. The first-order valence-electron chi connectivity index (χ1n) is 7.23. The van der Waals surface area contributed by atoms with Crippen molar-refractivity contribution in [2.24, 2.45) is 0 Å². The number of methoxy groups -OCH3 is 1. The molecule has 0 aliphatic rings. The summed E-state index contributed by atoms with van der Waals surface area (Å²) in [5, 5.41) is 9.46. The molecular formula is C19H14BrN3O. The minimum Gasteiger partial charge on any atom is -0.497 e. The molecule has 1 aromatic heterocycles. The Morgan fingerprint density at radius 2 is 1.83 bits per heavy atom. The molecule has 4 nitrogen and oxygen atoms in total. The maximum atomic E-state index is 9.46. The first-order valence-corrected chi connectivity index (χ1v) is 8.02. The van der Waals surface area contributed by atoms with Gasteiger partial charge in [-0.25, -0.2) is 4.98 Å². The van der Waals surface area contributed by atoms with Gasteiger partial charge < -0.3 is 10.5 Å². The van der Waals surface area contributed by atoms with Gasteiger partial charge in [-0.15, -0.1) is 0 Å². The second kappa shape index (κ2) is 6.73. The van der Waals surface area contributed by atoms with Crippen LogP contribution in [0.5, 0.6) is 5.75 Å². The van der Waals surface area contributed by atoms with Crippen molar-refractivity contribution in [2.75, 3.05) is 12.8 Å². The smallest absolute Gasteiger partial charge is 0.142 e. The Balaban J connectivity index is 2.18. The van der Waals surface area contributed by atoms with E-state index in [9.17, 15) is 5.26 Å². The Hall–Kier alpha value is -2.84. The van der Waals surface area contributed by atoms with E-state index >= 15 is 0 Å². The molecule has 0 saturated carbocycles. The molecule has 0 amide bonds. The lowest BCUT2D eigenvalue weighted by Gasteiger charge is -2.11. The van der Waals surface area contributed by atoms with E-state index in [2.05, 4.69) is 27.0 Å². The van der Waals surface area contributed by atoms with E-state index < -0.39 is 0 Å². The van der Waals surface area contributed by atoms with Crippen LogP contribution in [0.25, 0.3) is 22.4 Å². The van der Waals surface area contributed by atoms with Crippen LogP contribution < -0.4 is 10.5 Å². The Labute approximate surface area is 148 Å². The normalized spacial score (nSPS) is 10.2. The minimum absolute atomic E-state index is 0.223. The average molecular weight is 380 g/mol. The molecular weight excluding hydrogens is 366 g/mol. The molecule has 3 aromatic rings. The summed E-state index contributed by atoms with van der Waals surface area (Å²) in [4.78, 5) is 4.38. The van der Waals surface area contributed by atoms with Crippen molar-refractivity contribution in [2.45, 2.75) is 0 Å². The van der Waals surface area contributed by atoms with Crippen molar-refractivity contribution < 1.29 is 4.74 Å². The zero-order chi connectivity index (χ0) is 17.1. The zero-order valence-electron chi connectivity index (χ0n) is 13.0. The summed E-state index contributed by atoms with van der Waals surface area (Å²) in [7, 11) is 1.62. The van der Waals surface area contributed by atoms with Gasteiger partial charge in [0.15, 0.2) is 0 Å². The van der Waals surface area contributed by atoms with Crippen molar-refractivity contribution >= 4 is 21.7 Å². The third kappa shape index (κ3) is 3.10. The summed E-state index contributed by atoms with van der Waals surface area (Å²) < 4.78 is 6.14. The first kappa shape index (κ1) is 16.0. The van der Waals surface area contributed by atoms with Gasteiger partial charge in [0, 0.05) is 15.6 Å². The Kier molecular flexibility index (Phi) is 4.50. The molecule has 0 aliphatic heterocycles. The van der Waals surface area contributed by atoms with E-state index in [-0.39, 0.29) is 5.82 Å². The fourth-order valence-electron chi connectivity index (χ4n) is 2.48. The quantitative estimate of drug-likeness (QED) is 0.719. The van der Waals surface area contributed by atoms with Gasteiger partial charge in [-0.2, -0.15) is 5.26 Å². The fourth-order valence-corrected chi connectivity index (χ4v) is 2.88. The largest absolute Gasteiger partial charge is 0.497 e. The number of nitrogen functional groups attached to an aromatic ring is 1. The van der Waals surface area contributed by atoms with Crippen LogP contribution in [0.1, 0.15) is 5.56 Å². The molecule has 0 atom stereocenters. The highest BCUT2D eigenvalue weighted by atomic mass is 79.9. The van der Waals surface area contributed by atoms with Crippen LogP contribution in [0, 0.1) is 11.3 Å². The number of nitriles is 1. The minimum atomic E-state index is 0.223. The lowest BCUT2D eigenvalue weighted by Crippen LogP contribution is -1.99. The first-order chi connectivity index (χ1) is 11.6. The molecule has 1 heterocycles. The molecule has 5 heteroatoms. The zero-order valence-corrected chi connectivity index (χ0v) is 14.5. The number of aromatic nitrogens is 1. The van der Waals surface area contributed by atoms with Crippen molar-refractivity contribution in [1.82, 2.24) is 4.98 Å². The number of benzene rings is 2. The molecule has 0 bridgehead atoms. The van der Waals surface area contributed by atoms with Gasteiger partial charge in [-0.3, -0.25) is 0 Å². The molecule has 0 saturated heterocycles. The van der Waals surface area contributed by atoms with E-state index in [4.69, 9.17) is 10.5 Å². The topological polar surface area (TPSA) is 71.9 Å². The summed E-state index contributed by atoms with van der Waals surface area (Å²) in [6.07, 6.45) is 0. The van der Waals surface area contributed by atoms with Crippen LogP contribution in [0.3, 0.4) is 0 Å². The van der Waals surface area contributed by atoms with Crippen LogP contribution in [0.4, 0.5) is 5.82 Å². The third-order valence-electron chi connectivity index (χ3n) is 3.68. The van der Waals surface area contributed by atoms with Crippen LogP contribution in [-0.4, -0.2) is 12.1 Å². The predicted molar refractivity (Wildman–Crippen MR) is 98.5 cm³/mol. The number of nitrogens with two attached hydrogens (primary N) is 1. The number of rotatable bonds is 3. The Bertz CT molecular complexity index is 930. The molecule has 0 fully saturated rings. The van der Waals surface area contributed by atoms with Crippen molar-refractivity contribution in [3.05, 3.63) is 64.6 Å². The molecule has 2 aromatic carbocycles. The maximum absolute atomic E-state index is 9.46. The highest BCUT2D eigenvalue weighted by Gasteiger charge is 2.13. The lowest BCUT2D eigenvalue weighted by atomic mass is 9.98. The van der Waals surface area contributed by atoms with E-state index in [1.54, 1.807) is 7.11 Å². The van der Waals surface area contributed by atoms with E-state index in [0.29, 0.717) is 5.56 Å². The van der Waals surface area contributed by atoms with Crippen LogP contribution in [-0.2, 0) is 0 Å². The number of anilines is 1. The average Bonchev–Trinajstić information content (AvgIpc) is 2.61. The predicted octanol–water partition coefficient (Wildman–Crippen LogP) is 4.64. The van der Waals surface area contributed by atoms with Gasteiger partial charge in [-0.05, 0) is 35.9 Å². The molecule has 3 rings (SSSR count). The highest BCUT2D eigenvalue weighted by molar-refractivity contribution is 9.10. The van der Waals surface area contributed by atoms with Crippen LogP contribution in [0.15, 0.2) is 59.1 Å². The molecule has 0 unspecified atom stereocenters. The third-order valence-corrected chi connectivity index (χ3v) is 4.17. The van der Waals surface area contributed by atoms with Gasteiger partial charge in [0.1, 0.15) is 23.2 Å². The van der Waals surface area contributed by atoms with E-state index in [1.165, 1.54) is 0 Å². The summed E-state index contributed by atoms with van der Waals surface area (Å²) >= 11 is 3.46. The summed E-state index contributed by atoms with van der Waals surface area (Å²) in [6, 6.07) is 19.3. The van der Waals surface area contributed by atoms with Gasteiger partial charge in [0.2, 0.25) is 0 Å². The summed E-state index contributed by atoms with van der Waals surface area (Å²) in [5.41, 5.74) is 9.69. The molecule has 2 N–H and O–H groups in total. The van der Waals surface area contributed by atoms with Crippen molar-refractivity contribution in [3.8, 4) is 34.2 Å². The monoisotopic (exact) mass is 379 g/mol. The summed E-state index contributed by atoms with van der Waals surface area (Å²) in [5.74, 6) is 0.979. The van der Waals surface area contributed by atoms with Crippen molar-refractivity contribution in [3.63, 3.8) is 0 Å². The van der Waals surface area contributed by atoms with Gasteiger partial charge in [0.25, 0.3) is 0 Å². The van der Waals surface area contributed by atoms with E-state index in [1.807, 2.05) is 54.6 Å². The Morgan fingerprint density at radius 3 is 2.46 bits per heavy atom. The van der Waals surface area contributed by atoms with Gasteiger partial charge >= 0.3 is 0 Å². The molecule has 0 radical (unpaired) electrons. The van der Waals surface area contributed by atoms with Crippen LogP contribution >= 0.6 is 15.9 Å². The fraction of sp³-hybridized carbons (Fsp3) is 0.0526. The van der Waals surface area contributed by atoms with Crippen molar-refractivity contribution in [1.29, 1.82) is 5.26 Å². The molecule has 24 heavy (non-hydrogen) atoms. The second-order valence-electron chi connectivity index (χ2n) is 5.17. The van der Waals surface area contributed by atoms with E-state index in [0.717, 1.165) is 32.6 Å². The molecule has 0 spiro atoms. The SMILES string of the molecule is COc1ccc(-c2cc(-c3cccc(Br)c3)nc(N)c2C#N)cc1. The highest BCUT2D eigenvalue weighted by Crippen LogP contribution is 2.32. The van der Waals surface area contributed by atoms with Gasteiger partial charge in [0.05, 0.1) is 12.8 Å². The maximum Gasteiger partial charge on any atom is 0.142 e. The number of pyridine rings is 1. The van der Waals surface area contributed by atoms with Crippen LogP contribution in [0.2, 0.25) is 0 Å². The summed E-state index contributed by atoms with van der Waals surface area (Å²) in [6.45, 7) is 0.